The summed E-state index contributed by atoms with van der Waals surface area (Å²) in [4.78, 5) is 4.11. The fraction of sp³-hybridized carbons (Fsp3) is 0.143. The highest BCUT2D eigenvalue weighted by Gasteiger charge is 1.99. The van der Waals surface area contributed by atoms with E-state index < -0.39 is 0 Å². The van der Waals surface area contributed by atoms with Crippen LogP contribution in [0.4, 0.5) is 0 Å². The molecule has 4 heteroatoms. The molecule has 2 heterocycles. The second kappa shape index (κ2) is 2.51. The van der Waals surface area contributed by atoms with Gasteiger partial charge in [-0.25, -0.2) is 9.50 Å². The second-order valence-electron chi connectivity index (χ2n) is 2.18. The fourth-order valence-corrected chi connectivity index (χ4v) is 1.15. The van der Waals surface area contributed by atoms with Gasteiger partial charge in [0.1, 0.15) is 0 Å². The standard InChI is InChI=1S/C7H6ClN3/c8-4-6-5-9-7-2-1-3-10-11(6)7/h1-3,5H,4H2. The molecule has 0 unspecified atom stereocenters. The van der Waals surface area contributed by atoms with Crippen molar-refractivity contribution in [3.05, 3.63) is 30.2 Å². The highest BCUT2D eigenvalue weighted by molar-refractivity contribution is 6.16. The smallest absolute Gasteiger partial charge is 0.153 e. The van der Waals surface area contributed by atoms with Gasteiger partial charge < -0.3 is 0 Å². The van der Waals surface area contributed by atoms with Crippen molar-refractivity contribution in [2.45, 2.75) is 5.88 Å². The Morgan fingerprint density at radius 3 is 3.27 bits per heavy atom. The lowest BCUT2D eigenvalue weighted by Crippen LogP contribution is -1.93. The summed E-state index contributed by atoms with van der Waals surface area (Å²) in [6.45, 7) is 0. The molecule has 0 saturated carbocycles. The number of alkyl halides is 1. The van der Waals surface area contributed by atoms with Gasteiger partial charge in [-0.05, 0) is 12.1 Å². The van der Waals surface area contributed by atoms with E-state index in [9.17, 15) is 0 Å². The van der Waals surface area contributed by atoms with Crippen molar-refractivity contribution in [2.75, 3.05) is 0 Å². The summed E-state index contributed by atoms with van der Waals surface area (Å²) in [5.74, 6) is 0.443. The van der Waals surface area contributed by atoms with Crippen LogP contribution in [0.5, 0.6) is 0 Å². The zero-order valence-electron chi connectivity index (χ0n) is 5.74. The van der Waals surface area contributed by atoms with E-state index >= 15 is 0 Å². The lowest BCUT2D eigenvalue weighted by Gasteiger charge is -1.92. The maximum absolute atomic E-state index is 5.65. The third kappa shape index (κ3) is 0.973. The van der Waals surface area contributed by atoms with Gasteiger partial charge in [0.05, 0.1) is 17.8 Å². The molecular formula is C7H6ClN3. The zero-order chi connectivity index (χ0) is 7.68. The molecule has 0 amide bonds. The molecule has 0 bridgehead atoms. The first kappa shape index (κ1) is 6.61. The maximum atomic E-state index is 5.65. The molecule has 0 spiro atoms. The van der Waals surface area contributed by atoms with Crippen molar-refractivity contribution in [1.29, 1.82) is 0 Å². The molecule has 0 atom stereocenters. The van der Waals surface area contributed by atoms with Gasteiger partial charge >= 0.3 is 0 Å². The van der Waals surface area contributed by atoms with E-state index in [2.05, 4.69) is 10.1 Å². The number of hydrogen-bond acceptors (Lipinski definition) is 2. The summed E-state index contributed by atoms with van der Waals surface area (Å²) in [5.41, 5.74) is 1.76. The van der Waals surface area contributed by atoms with Gasteiger partial charge in [0, 0.05) is 6.20 Å². The highest BCUT2D eigenvalue weighted by Crippen LogP contribution is 2.05. The van der Waals surface area contributed by atoms with Gasteiger partial charge in [-0.1, -0.05) is 0 Å². The van der Waals surface area contributed by atoms with Crippen LogP contribution in [0.2, 0.25) is 0 Å². The van der Waals surface area contributed by atoms with Crippen LogP contribution in [0.15, 0.2) is 24.5 Å². The summed E-state index contributed by atoms with van der Waals surface area (Å²) in [5, 5.41) is 4.08. The van der Waals surface area contributed by atoms with Crippen molar-refractivity contribution >= 4 is 17.2 Å². The Bertz CT molecular complexity index is 368. The lowest BCUT2D eigenvalue weighted by molar-refractivity contribution is 0.891. The van der Waals surface area contributed by atoms with Gasteiger partial charge in [0.2, 0.25) is 0 Å². The first-order valence-electron chi connectivity index (χ1n) is 3.25. The molecule has 56 valence electrons. The number of aromatic nitrogens is 3. The molecule has 11 heavy (non-hydrogen) atoms. The second-order valence-corrected chi connectivity index (χ2v) is 2.44. The van der Waals surface area contributed by atoms with E-state index in [0.717, 1.165) is 11.3 Å². The van der Waals surface area contributed by atoms with Gasteiger partial charge in [-0.3, -0.25) is 0 Å². The summed E-state index contributed by atoms with van der Waals surface area (Å²) in [7, 11) is 0. The Kier molecular flexibility index (Phi) is 1.51. The van der Waals surface area contributed by atoms with Crippen LogP contribution in [-0.2, 0) is 5.88 Å². The van der Waals surface area contributed by atoms with E-state index in [0.29, 0.717) is 5.88 Å². The first-order valence-corrected chi connectivity index (χ1v) is 3.79. The Hall–Kier alpha value is -1.09. The van der Waals surface area contributed by atoms with Crippen molar-refractivity contribution in [3.63, 3.8) is 0 Å². The molecule has 3 nitrogen and oxygen atoms in total. The molecule has 0 aliphatic heterocycles. The number of rotatable bonds is 1. The number of nitrogens with zero attached hydrogens (tertiary/aromatic N) is 3. The average molecular weight is 168 g/mol. The summed E-state index contributed by atoms with van der Waals surface area (Å²) >= 11 is 5.65. The van der Waals surface area contributed by atoms with Crippen molar-refractivity contribution in [1.82, 2.24) is 14.6 Å². The van der Waals surface area contributed by atoms with Crippen LogP contribution in [-0.4, -0.2) is 14.6 Å². The molecule has 0 aliphatic carbocycles. The molecular weight excluding hydrogens is 162 g/mol. The molecule has 0 aliphatic rings. The molecule has 0 N–H and O–H groups in total. The molecule has 0 radical (unpaired) electrons. The normalized spacial score (nSPS) is 10.6. The predicted octanol–water partition coefficient (Wildman–Crippen LogP) is 1.47. The Morgan fingerprint density at radius 1 is 1.55 bits per heavy atom. The van der Waals surface area contributed by atoms with Gasteiger partial charge in [-0.15, -0.1) is 11.6 Å². The Labute approximate surface area is 68.6 Å². The third-order valence-electron chi connectivity index (χ3n) is 1.49. The molecule has 2 rings (SSSR count). The van der Waals surface area contributed by atoms with Crippen LogP contribution < -0.4 is 0 Å². The first-order chi connectivity index (χ1) is 5.42. The third-order valence-corrected chi connectivity index (χ3v) is 1.76. The van der Waals surface area contributed by atoms with E-state index in [1.165, 1.54) is 0 Å². The quantitative estimate of drug-likeness (QED) is 0.602. The molecule has 0 aromatic carbocycles. The predicted molar refractivity (Wildman–Crippen MR) is 42.5 cm³/mol. The minimum absolute atomic E-state index is 0.443. The van der Waals surface area contributed by atoms with E-state index in [1.807, 2.05) is 12.1 Å². The number of imidazole rings is 1. The Morgan fingerprint density at radius 2 is 2.45 bits per heavy atom. The van der Waals surface area contributed by atoms with Gasteiger partial charge in [0.25, 0.3) is 0 Å². The largest absolute Gasteiger partial charge is 0.235 e. The van der Waals surface area contributed by atoms with E-state index in [-0.39, 0.29) is 0 Å². The Balaban J connectivity index is 2.76. The van der Waals surface area contributed by atoms with Crippen LogP contribution in [0, 0.1) is 0 Å². The van der Waals surface area contributed by atoms with Crippen LogP contribution >= 0.6 is 11.6 Å². The number of halogens is 1. The van der Waals surface area contributed by atoms with Gasteiger partial charge in [-0.2, -0.15) is 5.10 Å². The van der Waals surface area contributed by atoms with Crippen LogP contribution in [0.25, 0.3) is 5.65 Å². The molecule has 2 aromatic rings. The number of hydrogen-bond donors (Lipinski definition) is 0. The lowest BCUT2D eigenvalue weighted by atomic mass is 10.5. The van der Waals surface area contributed by atoms with Crippen molar-refractivity contribution in [2.24, 2.45) is 0 Å². The molecule has 0 saturated heterocycles. The summed E-state index contributed by atoms with van der Waals surface area (Å²) in [6, 6.07) is 3.74. The minimum atomic E-state index is 0.443. The van der Waals surface area contributed by atoms with Crippen molar-refractivity contribution in [3.8, 4) is 0 Å². The highest BCUT2D eigenvalue weighted by atomic mass is 35.5. The molecule has 0 fully saturated rings. The maximum Gasteiger partial charge on any atom is 0.153 e. The molecule has 2 aromatic heterocycles. The minimum Gasteiger partial charge on any atom is -0.235 e. The van der Waals surface area contributed by atoms with Crippen LogP contribution in [0.1, 0.15) is 5.69 Å². The number of fused-ring (bicyclic) bond motifs is 1. The van der Waals surface area contributed by atoms with Gasteiger partial charge in [0.15, 0.2) is 5.65 Å². The SMILES string of the molecule is ClCc1cnc2cccnn12. The topological polar surface area (TPSA) is 30.2 Å². The average Bonchev–Trinajstić information content (AvgIpc) is 2.47. The monoisotopic (exact) mass is 167 g/mol. The summed E-state index contributed by atoms with van der Waals surface area (Å²) in [6.07, 6.45) is 3.44. The van der Waals surface area contributed by atoms with E-state index in [1.54, 1.807) is 16.9 Å². The van der Waals surface area contributed by atoms with E-state index in [4.69, 9.17) is 11.6 Å². The fourth-order valence-electron chi connectivity index (χ4n) is 0.969. The van der Waals surface area contributed by atoms with Crippen molar-refractivity contribution < 1.29 is 0 Å². The zero-order valence-corrected chi connectivity index (χ0v) is 6.49. The van der Waals surface area contributed by atoms with Crippen LogP contribution in [0.3, 0.4) is 0 Å². The summed E-state index contributed by atoms with van der Waals surface area (Å²) < 4.78 is 1.73.